The van der Waals surface area contributed by atoms with Crippen molar-refractivity contribution in [2.45, 2.75) is 39.2 Å². The molecule has 1 amide bonds. The minimum atomic E-state index is -0.396. The Labute approximate surface area is 170 Å². The predicted octanol–water partition coefficient (Wildman–Crippen LogP) is 4.99. The Balaban J connectivity index is 1.48. The number of aromatic nitrogens is 2. The Bertz CT molecular complexity index is 953. The summed E-state index contributed by atoms with van der Waals surface area (Å²) in [6.07, 6.45) is 4.59. The largest absolute Gasteiger partial charge is 0.491 e. The first-order chi connectivity index (χ1) is 14.0. The van der Waals surface area contributed by atoms with Crippen LogP contribution < -0.4 is 10.1 Å². The van der Waals surface area contributed by atoms with E-state index in [0.717, 1.165) is 17.1 Å². The van der Waals surface area contributed by atoms with Gasteiger partial charge in [0, 0.05) is 37.0 Å². The maximum Gasteiger partial charge on any atom is 0.224 e. The number of amides is 1. The van der Waals surface area contributed by atoms with Crippen LogP contribution in [-0.2, 0) is 11.3 Å². The van der Waals surface area contributed by atoms with Crippen LogP contribution in [0, 0.1) is 5.82 Å². The van der Waals surface area contributed by atoms with E-state index in [2.05, 4.69) is 28.7 Å². The van der Waals surface area contributed by atoms with E-state index in [1.165, 1.54) is 6.07 Å². The second-order valence-electron chi connectivity index (χ2n) is 7.20. The molecule has 0 aliphatic carbocycles. The Morgan fingerprint density at radius 2 is 2.03 bits per heavy atom. The molecule has 3 rings (SSSR count). The molecule has 0 spiro atoms. The van der Waals surface area contributed by atoms with E-state index in [4.69, 9.17) is 4.74 Å². The van der Waals surface area contributed by atoms with Crippen molar-refractivity contribution in [2.24, 2.45) is 0 Å². The highest BCUT2D eigenvalue weighted by atomic mass is 19.1. The van der Waals surface area contributed by atoms with Crippen LogP contribution in [0.4, 0.5) is 10.1 Å². The molecule has 0 unspecified atom stereocenters. The highest BCUT2D eigenvalue weighted by molar-refractivity contribution is 5.90. The summed E-state index contributed by atoms with van der Waals surface area (Å²) in [4.78, 5) is 16.6. The molecule has 5 nitrogen and oxygen atoms in total. The van der Waals surface area contributed by atoms with Crippen molar-refractivity contribution in [3.8, 4) is 5.75 Å². The Morgan fingerprint density at radius 1 is 1.21 bits per heavy atom. The molecular weight excluding hydrogens is 369 g/mol. The van der Waals surface area contributed by atoms with Crippen molar-refractivity contribution in [2.75, 3.05) is 11.9 Å². The Morgan fingerprint density at radius 3 is 2.83 bits per heavy atom. The van der Waals surface area contributed by atoms with Crippen LogP contribution in [0.1, 0.15) is 44.0 Å². The van der Waals surface area contributed by atoms with Crippen LogP contribution in [0.3, 0.4) is 0 Å². The number of hydrogen-bond acceptors (Lipinski definition) is 3. The van der Waals surface area contributed by atoms with Crippen molar-refractivity contribution in [3.63, 3.8) is 0 Å². The molecule has 6 heteroatoms. The van der Waals surface area contributed by atoms with Crippen LogP contribution in [0.2, 0.25) is 0 Å². The molecule has 0 fully saturated rings. The van der Waals surface area contributed by atoms with Crippen LogP contribution in [0.5, 0.6) is 5.75 Å². The number of benzene rings is 2. The lowest BCUT2D eigenvalue weighted by atomic mass is 10.1. The molecule has 0 saturated carbocycles. The zero-order chi connectivity index (χ0) is 20.6. The summed E-state index contributed by atoms with van der Waals surface area (Å²) in [5, 5.41) is 2.92. The number of rotatable bonds is 9. The van der Waals surface area contributed by atoms with Gasteiger partial charge in [0.1, 0.15) is 5.82 Å². The molecule has 152 valence electrons. The zero-order valence-electron chi connectivity index (χ0n) is 16.8. The van der Waals surface area contributed by atoms with Gasteiger partial charge in [-0.2, -0.15) is 0 Å². The Kier molecular flexibility index (Phi) is 7.00. The predicted molar refractivity (Wildman–Crippen MR) is 112 cm³/mol. The van der Waals surface area contributed by atoms with Crippen LogP contribution >= 0.6 is 0 Å². The lowest BCUT2D eigenvalue weighted by Gasteiger charge is -2.12. The maximum absolute atomic E-state index is 13.5. The van der Waals surface area contributed by atoms with Gasteiger partial charge < -0.3 is 14.6 Å². The fourth-order valence-electron chi connectivity index (χ4n) is 3.10. The zero-order valence-corrected chi connectivity index (χ0v) is 16.8. The summed E-state index contributed by atoms with van der Waals surface area (Å²) in [5.41, 5.74) is 1.85. The summed E-state index contributed by atoms with van der Waals surface area (Å²) in [6.45, 7) is 5.22. The second-order valence-corrected chi connectivity index (χ2v) is 7.20. The quantitative estimate of drug-likeness (QED) is 0.519. The number of para-hydroxylation sites is 1. The standard InChI is InChI=1S/C23H26FN3O2/c1-17(2)23-25-12-13-27(23)16-18-7-5-8-19(15-18)26-22(28)11-6-14-29-21-10-4-3-9-20(21)24/h3-5,7-10,12-13,15,17H,6,11,14,16H2,1-2H3,(H,26,28). The van der Waals surface area contributed by atoms with Gasteiger partial charge in [0.2, 0.25) is 5.91 Å². The summed E-state index contributed by atoms with van der Waals surface area (Å²) in [6, 6.07) is 14.0. The first-order valence-corrected chi connectivity index (χ1v) is 9.80. The molecule has 0 atom stereocenters. The van der Waals surface area contributed by atoms with E-state index in [-0.39, 0.29) is 18.3 Å². The van der Waals surface area contributed by atoms with Crippen molar-refractivity contribution >= 4 is 11.6 Å². The third kappa shape index (κ3) is 5.91. The second kappa shape index (κ2) is 9.87. The number of carbonyl (C=O) groups is 1. The highest BCUT2D eigenvalue weighted by Crippen LogP contribution is 2.18. The third-order valence-electron chi connectivity index (χ3n) is 4.47. The topological polar surface area (TPSA) is 56.2 Å². The minimum absolute atomic E-state index is 0.0928. The van der Waals surface area contributed by atoms with Crippen LogP contribution in [0.25, 0.3) is 0 Å². The number of carbonyl (C=O) groups excluding carboxylic acids is 1. The molecule has 2 aromatic carbocycles. The summed E-state index contributed by atoms with van der Waals surface area (Å²) in [5.74, 6) is 1.10. The molecule has 1 aromatic heterocycles. The van der Waals surface area contributed by atoms with E-state index in [9.17, 15) is 9.18 Å². The number of nitrogens with one attached hydrogen (secondary N) is 1. The first-order valence-electron chi connectivity index (χ1n) is 9.80. The fraction of sp³-hybridized carbons (Fsp3) is 0.304. The number of ether oxygens (including phenoxy) is 1. The highest BCUT2D eigenvalue weighted by Gasteiger charge is 2.09. The lowest BCUT2D eigenvalue weighted by Crippen LogP contribution is -2.13. The molecule has 0 aliphatic heterocycles. The normalized spacial score (nSPS) is 10.9. The van der Waals surface area contributed by atoms with Crippen molar-refractivity contribution < 1.29 is 13.9 Å². The number of imidazole rings is 1. The Hall–Kier alpha value is -3.15. The van der Waals surface area contributed by atoms with Gasteiger partial charge in [0.15, 0.2) is 11.6 Å². The average molecular weight is 395 g/mol. The number of nitrogens with zero attached hydrogens (tertiary/aromatic N) is 2. The SMILES string of the molecule is CC(C)c1nccn1Cc1cccc(NC(=O)CCCOc2ccccc2F)c1. The van der Waals surface area contributed by atoms with Gasteiger partial charge in [0.05, 0.1) is 6.61 Å². The molecule has 0 radical (unpaired) electrons. The van der Waals surface area contributed by atoms with Gasteiger partial charge in [-0.15, -0.1) is 0 Å². The van der Waals surface area contributed by atoms with Gasteiger partial charge in [-0.1, -0.05) is 38.1 Å². The summed E-state index contributed by atoms with van der Waals surface area (Å²) < 4.78 is 21.0. The van der Waals surface area contributed by atoms with E-state index in [1.54, 1.807) is 18.2 Å². The number of anilines is 1. The van der Waals surface area contributed by atoms with Gasteiger partial charge in [-0.3, -0.25) is 4.79 Å². The number of halogens is 1. The van der Waals surface area contributed by atoms with Crippen LogP contribution in [0.15, 0.2) is 60.9 Å². The van der Waals surface area contributed by atoms with Gasteiger partial charge in [0.25, 0.3) is 0 Å². The van der Waals surface area contributed by atoms with Crippen molar-refractivity contribution in [1.29, 1.82) is 0 Å². The molecule has 0 saturated heterocycles. The molecule has 1 heterocycles. The van der Waals surface area contributed by atoms with Gasteiger partial charge in [-0.05, 0) is 36.2 Å². The van der Waals surface area contributed by atoms with Crippen molar-refractivity contribution in [3.05, 3.63) is 78.1 Å². The fourth-order valence-corrected chi connectivity index (χ4v) is 3.10. The average Bonchev–Trinajstić information content (AvgIpc) is 3.15. The molecule has 0 aliphatic rings. The maximum atomic E-state index is 13.5. The molecule has 0 bridgehead atoms. The van der Waals surface area contributed by atoms with Crippen LogP contribution in [-0.4, -0.2) is 22.1 Å². The minimum Gasteiger partial charge on any atom is -0.491 e. The summed E-state index contributed by atoms with van der Waals surface area (Å²) >= 11 is 0. The smallest absolute Gasteiger partial charge is 0.224 e. The third-order valence-corrected chi connectivity index (χ3v) is 4.47. The van der Waals surface area contributed by atoms with E-state index < -0.39 is 5.82 Å². The van der Waals surface area contributed by atoms with E-state index in [0.29, 0.717) is 25.3 Å². The first kappa shape index (κ1) is 20.6. The van der Waals surface area contributed by atoms with E-state index >= 15 is 0 Å². The monoisotopic (exact) mass is 395 g/mol. The molecular formula is C23H26FN3O2. The van der Waals surface area contributed by atoms with Crippen molar-refractivity contribution in [1.82, 2.24) is 9.55 Å². The van der Waals surface area contributed by atoms with E-state index in [1.807, 2.05) is 36.7 Å². The summed E-state index contributed by atoms with van der Waals surface area (Å²) in [7, 11) is 0. The molecule has 3 aromatic rings. The number of hydrogen-bond donors (Lipinski definition) is 1. The molecule has 1 N–H and O–H groups in total. The van der Waals surface area contributed by atoms with Gasteiger partial charge in [-0.25, -0.2) is 9.37 Å². The lowest BCUT2D eigenvalue weighted by molar-refractivity contribution is -0.116. The van der Waals surface area contributed by atoms with Gasteiger partial charge >= 0.3 is 0 Å². The molecule has 29 heavy (non-hydrogen) atoms.